The van der Waals surface area contributed by atoms with E-state index >= 15 is 0 Å². The van der Waals surface area contributed by atoms with Gasteiger partial charge < -0.3 is 9.88 Å². The third kappa shape index (κ3) is 5.38. The lowest BCUT2D eigenvalue weighted by atomic mass is 10.2. The second-order valence-electron chi connectivity index (χ2n) is 5.99. The number of hydrogen-bond donors (Lipinski definition) is 1. The normalized spacial score (nSPS) is 10.7. The van der Waals surface area contributed by atoms with Crippen molar-refractivity contribution in [1.29, 1.82) is 0 Å². The fourth-order valence-electron chi connectivity index (χ4n) is 2.55. The number of allylic oxidation sites excluding steroid dienone is 1. The summed E-state index contributed by atoms with van der Waals surface area (Å²) in [5.74, 6) is 0.0266. The van der Waals surface area contributed by atoms with Crippen LogP contribution in [0.5, 0.6) is 0 Å². The summed E-state index contributed by atoms with van der Waals surface area (Å²) < 4.78 is 15.6. The first-order chi connectivity index (χ1) is 14.0. The van der Waals surface area contributed by atoms with Crippen molar-refractivity contribution in [3.63, 3.8) is 0 Å². The molecule has 0 atom stereocenters. The summed E-state index contributed by atoms with van der Waals surface area (Å²) in [5, 5.41) is 12.8. The number of nitrogens with zero attached hydrogens (tertiary/aromatic N) is 3. The van der Waals surface area contributed by atoms with Crippen LogP contribution in [-0.2, 0) is 18.8 Å². The van der Waals surface area contributed by atoms with Gasteiger partial charge in [0.15, 0.2) is 11.0 Å². The highest BCUT2D eigenvalue weighted by molar-refractivity contribution is 7.98. The van der Waals surface area contributed by atoms with E-state index in [0.717, 1.165) is 5.56 Å². The third-order valence-electron chi connectivity index (χ3n) is 4.00. The number of amides is 1. The SMILES string of the molecule is C=CCn1c(CNC(=O)c2ccccc2F)nnc1SCc1ccc(Cl)cc1Cl. The number of thioether (sulfide) groups is 1. The Balaban J connectivity index is 1.70. The van der Waals surface area contributed by atoms with Gasteiger partial charge in [-0.25, -0.2) is 4.39 Å². The van der Waals surface area contributed by atoms with Gasteiger partial charge in [-0.2, -0.15) is 0 Å². The van der Waals surface area contributed by atoms with Crippen LogP contribution in [0.2, 0.25) is 10.0 Å². The van der Waals surface area contributed by atoms with Crippen LogP contribution in [-0.4, -0.2) is 20.7 Å². The molecular formula is C20H17Cl2FN4OS. The van der Waals surface area contributed by atoms with E-state index in [0.29, 0.717) is 33.3 Å². The Morgan fingerprint density at radius 2 is 2.03 bits per heavy atom. The molecule has 0 bridgehead atoms. The molecule has 1 amide bonds. The third-order valence-corrected chi connectivity index (χ3v) is 5.61. The molecule has 0 saturated heterocycles. The van der Waals surface area contributed by atoms with Crippen molar-refractivity contribution in [3.05, 3.63) is 87.9 Å². The maximum absolute atomic E-state index is 13.8. The zero-order chi connectivity index (χ0) is 20.8. The lowest BCUT2D eigenvalue weighted by molar-refractivity contribution is 0.0945. The molecule has 0 aliphatic heterocycles. The number of carbonyl (C=O) groups is 1. The van der Waals surface area contributed by atoms with Crippen LogP contribution >= 0.6 is 35.0 Å². The number of benzene rings is 2. The Bertz CT molecular complexity index is 1040. The Morgan fingerprint density at radius 3 is 2.76 bits per heavy atom. The average Bonchev–Trinajstić information content (AvgIpc) is 3.08. The van der Waals surface area contributed by atoms with Crippen molar-refractivity contribution in [1.82, 2.24) is 20.1 Å². The maximum atomic E-state index is 13.8. The van der Waals surface area contributed by atoms with Crippen LogP contribution in [0.25, 0.3) is 0 Å². The van der Waals surface area contributed by atoms with E-state index in [9.17, 15) is 9.18 Å². The van der Waals surface area contributed by atoms with Gasteiger partial charge in [-0.3, -0.25) is 4.79 Å². The molecule has 3 rings (SSSR count). The largest absolute Gasteiger partial charge is 0.345 e. The number of rotatable bonds is 8. The molecule has 0 aliphatic rings. The lowest BCUT2D eigenvalue weighted by Crippen LogP contribution is -2.25. The highest BCUT2D eigenvalue weighted by Gasteiger charge is 2.15. The Labute approximate surface area is 181 Å². The monoisotopic (exact) mass is 450 g/mol. The molecule has 0 aliphatic carbocycles. The number of carbonyl (C=O) groups excluding carboxylic acids is 1. The molecular weight excluding hydrogens is 434 g/mol. The molecule has 1 N–H and O–H groups in total. The highest BCUT2D eigenvalue weighted by atomic mass is 35.5. The van der Waals surface area contributed by atoms with E-state index in [4.69, 9.17) is 23.2 Å². The molecule has 1 heterocycles. The van der Waals surface area contributed by atoms with Crippen molar-refractivity contribution in [3.8, 4) is 0 Å². The summed E-state index contributed by atoms with van der Waals surface area (Å²) in [6.07, 6.45) is 1.71. The van der Waals surface area contributed by atoms with Crippen LogP contribution in [0.3, 0.4) is 0 Å². The molecule has 0 unspecified atom stereocenters. The smallest absolute Gasteiger partial charge is 0.254 e. The number of hydrogen-bond acceptors (Lipinski definition) is 4. The second-order valence-corrected chi connectivity index (χ2v) is 7.77. The summed E-state index contributed by atoms with van der Waals surface area (Å²) in [6, 6.07) is 11.1. The van der Waals surface area contributed by atoms with Crippen LogP contribution in [0, 0.1) is 5.82 Å². The highest BCUT2D eigenvalue weighted by Crippen LogP contribution is 2.28. The lowest BCUT2D eigenvalue weighted by Gasteiger charge is -2.09. The van der Waals surface area contributed by atoms with Gasteiger partial charge >= 0.3 is 0 Å². The topological polar surface area (TPSA) is 59.8 Å². The van der Waals surface area contributed by atoms with Crippen LogP contribution in [0.15, 0.2) is 60.3 Å². The Hall–Kier alpha value is -2.35. The summed E-state index contributed by atoms with van der Waals surface area (Å²) in [4.78, 5) is 12.2. The Kier molecular flexibility index (Phi) is 7.30. The van der Waals surface area contributed by atoms with E-state index in [1.165, 1.54) is 30.0 Å². The first kappa shape index (κ1) is 21.4. The number of aromatic nitrogens is 3. The first-order valence-corrected chi connectivity index (χ1v) is 10.4. The summed E-state index contributed by atoms with van der Waals surface area (Å²) in [5.41, 5.74) is 0.901. The van der Waals surface area contributed by atoms with Crippen molar-refractivity contribution in [2.75, 3.05) is 0 Å². The van der Waals surface area contributed by atoms with Gasteiger partial charge in [0.2, 0.25) is 0 Å². The van der Waals surface area contributed by atoms with Crippen molar-refractivity contribution in [2.24, 2.45) is 0 Å². The first-order valence-electron chi connectivity index (χ1n) is 8.62. The molecule has 0 spiro atoms. The van der Waals surface area contributed by atoms with Gasteiger partial charge in [-0.15, -0.1) is 16.8 Å². The van der Waals surface area contributed by atoms with Gasteiger partial charge in [0.05, 0.1) is 12.1 Å². The molecule has 2 aromatic carbocycles. The van der Waals surface area contributed by atoms with E-state index in [1.54, 1.807) is 24.3 Å². The minimum Gasteiger partial charge on any atom is -0.345 e. The van der Waals surface area contributed by atoms with Crippen LogP contribution < -0.4 is 5.32 Å². The van der Waals surface area contributed by atoms with Gasteiger partial charge in [-0.1, -0.05) is 59.2 Å². The summed E-state index contributed by atoms with van der Waals surface area (Å²) >= 11 is 13.6. The molecule has 0 radical (unpaired) electrons. The summed E-state index contributed by atoms with van der Waals surface area (Å²) in [7, 11) is 0. The summed E-state index contributed by atoms with van der Waals surface area (Å²) in [6.45, 7) is 4.33. The quantitative estimate of drug-likeness (QED) is 0.381. The molecule has 0 fully saturated rings. The van der Waals surface area contributed by atoms with Crippen molar-refractivity contribution in [2.45, 2.75) is 24.0 Å². The van der Waals surface area contributed by atoms with E-state index in [1.807, 2.05) is 10.6 Å². The number of halogens is 3. The molecule has 1 aromatic heterocycles. The van der Waals surface area contributed by atoms with Crippen molar-refractivity contribution < 1.29 is 9.18 Å². The van der Waals surface area contributed by atoms with E-state index in [2.05, 4.69) is 22.1 Å². The van der Waals surface area contributed by atoms with Gasteiger partial charge in [0, 0.05) is 22.3 Å². The predicted octanol–water partition coefficient (Wildman–Crippen LogP) is 5.13. The van der Waals surface area contributed by atoms with Gasteiger partial charge in [0.1, 0.15) is 5.82 Å². The molecule has 0 saturated carbocycles. The molecule has 29 heavy (non-hydrogen) atoms. The maximum Gasteiger partial charge on any atom is 0.254 e. The minimum absolute atomic E-state index is 0.0192. The fourth-order valence-corrected chi connectivity index (χ4v) is 4.08. The standard InChI is InChI=1S/C20H17Cl2FN4OS/c1-2-9-27-18(11-24-19(28)15-5-3-4-6-17(15)23)25-26-20(27)29-12-13-7-8-14(21)10-16(13)22/h2-8,10H,1,9,11-12H2,(H,24,28). The van der Waals surface area contributed by atoms with E-state index < -0.39 is 11.7 Å². The predicted molar refractivity (Wildman–Crippen MR) is 114 cm³/mol. The van der Waals surface area contributed by atoms with E-state index in [-0.39, 0.29) is 12.1 Å². The second kappa shape index (κ2) is 9.91. The fraction of sp³-hybridized carbons (Fsp3) is 0.150. The molecule has 3 aromatic rings. The van der Waals surface area contributed by atoms with Crippen molar-refractivity contribution >= 4 is 40.9 Å². The zero-order valence-corrected chi connectivity index (χ0v) is 17.6. The zero-order valence-electron chi connectivity index (χ0n) is 15.2. The van der Waals surface area contributed by atoms with Crippen LogP contribution in [0.1, 0.15) is 21.7 Å². The van der Waals surface area contributed by atoms with Gasteiger partial charge in [0.25, 0.3) is 5.91 Å². The molecule has 9 heteroatoms. The number of nitrogens with one attached hydrogen (secondary N) is 1. The van der Waals surface area contributed by atoms with Gasteiger partial charge in [-0.05, 0) is 29.8 Å². The average molecular weight is 451 g/mol. The molecule has 5 nitrogen and oxygen atoms in total. The Morgan fingerprint density at radius 1 is 1.24 bits per heavy atom. The van der Waals surface area contributed by atoms with Crippen LogP contribution in [0.4, 0.5) is 4.39 Å². The minimum atomic E-state index is -0.575. The molecule has 150 valence electrons.